The molecule has 1 atom stereocenters. The molecule has 1 amide bonds. The van der Waals surface area contributed by atoms with Crippen LogP contribution >= 0.6 is 0 Å². The summed E-state index contributed by atoms with van der Waals surface area (Å²) in [6, 6.07) is 3.64. The summed E-state index contributed by atoms with van der Waals surface area (Å²) >= 11 is 0. The Hall–Kier alpha value is -3.47. The number of amides is 1. The minimum Gasteiger partial charge on any atom is -0.492 e. The van der Waals surface area contributed by atoms with Gasteiger partial charge in [-0.1, -0.05) is 0 Å². The van der Waals surface area contributed by atoms with Crippen molar-refractivity contribution in [3.63, 3.8) is 0 Å². The number of aromatic nitrogens is 4. The van der Waals surface area contributed by atoms with E-state index >= 15 is 0 Å². The molecule has 8 nitrogen and oxygen atoms in total. The number of alkyl halides is 3. The minimum absolute atomic E-state index is 0.184. The van der Waals surface area contributed by atoms with E-state index < -0.39 is 18.3 Å². The zero-order valence-electron chi connectivity index (χ0n) is 18.6. The van der Waals surface area contributed by atoms with Crippen molar-refractivity contribution in [3.05, 3.63) is 53.7 Å². The zero-order chi connectivity index (χ0) is 24.1. The lowest BCUT2D eigenvalue weighted by Crippen LogP contribution is -2.45. The number of carbonyl (C=O) groups is 1. The summed E-state index contributed by atoms with van der Waals surface area (Å²) in [5.41, 5.74) is 2.41. The number of aryl methyl sites for hydroxylation is 1. The molecule has 1 spiro atoms. The van der Waals surface area contributed by atoms with Crippen molar-refractivity contribution in [1.82, 2.24) is 19.7 Å². The van der Waals surface area contributed by atoms with Crippen molar-refractivity contribution in [3.8, 4) is 17.0 Å². The van der Waals surface area contributed by atoms with Crippen LogP contribution < -0.4 is 9.64 Å². The summed E-state index contributed by atoms with van der Waals surface area (Å²) in [6.07, 6.45) is 1.84. The Morgan fingerprint density at radius 3 is 2.76 bits per heavy atom. The van der Waals surface area contributed by atoms with E-state index in [-0.39, 0.29) is 18.2 Å². The number of pyridine rings is 2. The van der Waals surface area contributed by atoms with Crippen LogP contribution in [0.5, 0.6) is 5.75 Å². The van der Waals surface area contributed by atoms with Crippen molar-refractivity contribution >= 4 is 11.6 Å². The van der Waals surface area contributed by atoms with Crippen LogP contribution in [0, 0.1) is 6.92 Å². The molecule has 0 unspecified atom stereocenters. The predicted octanol–water partition coefficient (Wildman–Crippen LogP) is 3.89. The molecule has 1 saturated heterocycles. The van der Waals surface area contributed by atoms with Gasteiger partial charge in [-0.2, -0.15) is 18.3 Å². The predicted molar refractivity (Wildman–Crippen MR) is 116 cm³/mol. The Morgan fingerprint density at radius 1 is 1.24 bits per heavy atom. The van der Waals surface area contributed by atoms with E-state index in [1.165, 1.54) is 17.3 Å². The quantitative estimate of drug-likeness (QED) is 0.559. The van der Waals surface area contributed by atoms with Gasteiger partial charge >= 0.3 is 6.18 Å². The van der Waals surface area contributed by atoms with Crippen LogP contribution in [0.25, 0.3) is 11.3 Å². The van der Waals surface area contributed by atoms with Crippen molar-refractivity contribution in [2.45, 2.75) is 38.5 Å². The molecule has 3 aromatic rings. The van der Waals surface area contributed by atoms with Gasteiger partial charge < -0.3 is 9.47 Å². The fraction of sp³-hybridized carbons (Fsp3) is 0.391. The van der Waals surface area contributed by atoms with Crippen molar-refractivity contribution < 1.29 is 27.4 Å². The lowest BCUT2D eigenvalue weighted by Gasteiger charge is -2.32. The second-order valence-corrected chi connectivity index (χ2v) is 8.38. The van der Waals surface area contributed by atoms with Crippen molar-refractivity contribution in [2.24, 2.45) is 0 Å². The highest BCUT2D eigenvalue weighted by molar-refractivity contribution is 6.12. The van der Waals surface area contributed by atoms with Crippen LogP contribution in [0.3, 0.4) is 0 Å². The van der Waals surface area contributed by atoms with Gasteiger partial charge in [0.05, 0.1) is 48.2 Å². The lowest BCUT2D eigenvalue weighted by atomic mass is 9.91. The van der Waals surface area contributed by atoms with E-state index in [9.17, 15) is 18.0 Å². The molecule has 11 heteroatoms. The molecule has 2 aliphatic rings. The maximum atomic E-state index is 13.6. The highest BCUT2D eigenvalue weighted by atomic mass is 19.4. The van der Waals surface area contributed by atoms with Gasteiger partial charge in [-0.3, -0.25) is 19.4 Å². The molecule has 0 N–H and O–H groups in total. The molecule has 1 fully saturated rings. The Bertz CT molecular complexity index is 1250. The average Bonchev–Trinajstić information content (AvgIpc) is 3.48. The second-order valence-electron chi connectivity index (χ2n) is 8.38. The molecule has 0 aromatic carbocycles. The average molecular weight is 473 g/mol. The fourth-order valence-electron chi connectivity index (χ4n) is 4.66. The Balaban J connectivity index is 1.60. The third-order valence-corrected chi connectivity index (χ3v) is 6.04. The molecule has 5 heterocycles. The third kappa shape index (κ3) is 3.69. The summed E-state index contributed by atoms with van der Waals surface area (Å²) in [5, 5.41) is 3.83. The van der Waals surface area contributed by atoms with Gasteiger partial charge in [0, 0.05) is 31.0 Å². The van der Waals surface area contributed by atoms with E-state index in [0.717, 1.165) is 10.2 Å². The molecule has 34 heavy (non-hydrogen) atoms. The number of nitrogens with zero attached hydrogens (tertiary/aromatic N) is 5. The Morgan fingerprint density at radius 2 is 2.06 bits per heavy atom. The molecule has 0 bridgehead atoms. The summed E-state index contributed by atoms with van der Waals surface area (Å²) in [6.45, 7) is 3.53. The number of halogens is 3. The van der Waals surface area contributed by atoms with Crippen LogP contribution in [0.15, 0.2) is 36.9 Å². The second kappa shape index (κ2) is 8.08. The molecule has 0 radical (unpaired) electrons. The largest absolute Gasteiger partial charge is 0.492 e. The minimum atomic E-state index is -4.42. The molecule has 2 aliphatic heterocycles. The normalized spacial score (nSPS) is 19.8. The van der Waals surface area contributed by atoms with Gasteiger partial charge in [0.1, 0.15) is 17.8 Å². The highest BCUT2D eigenvalue weighted by Gasteiger charge is 2.55. The highest BCUT2D eigenvalue weighted by Crippen LogP contribution is 2.48. The van der Waals surface area contributed by atoms with Gasteiger partial charge in [0.15, 0.2) is 0 Å². The van der Waals surface area contributed by atoms with Gasteiger partial charge in [-0.25, -0.2) is 4.98 Å². The van der Waals surface area contributed by atoms with Crippen LogP contribution in [0.2, 0.25) is 0 Å². The van der Waals surface area contributed by atoms with Gasteiger partial charge in [-0.05, 0) is 31.5 Å². The molecule has 3 aromatic heterocycles. The van der Waals surface area contributed by atoms with Crippen LogP contribution in [0.1, 0.15) is 35.0 Å². The summed E-state index contributed by atoms with van der Waals surface area (Å²) < 4.78 is 50.6. The topological polar surface area (TPSA) is 82.4 Å². The SMILES string of the molecule is CCOc1cncc(-c2cc(C)c3c(n2)[C@@]2(CCOC2)N(c2cnn(CC(F)(F)F)c2)C3=O)c1. The number of ether oxygens (including phenoxy) is 2. The molecule has 0 saturated carbocycles. The van der Waals surface area contributed by atoms with E-state index in [1.807, 2.05) is 26.0 Å². The molecule has 178 valence electrons. The number of fused-ring (bicyclic) bond motifs is 2. The van der Waals surface area contributed by atoms with Crippen LogP contribution in [-0.4, -0.2) is 51.7 Å². The smallest absolute Gasteiger partial charge is 0.408 e. The Labute approximate surface area is 193 Å². The van der Waals surface area contributed by atoms with Crippen LogP contribution in [0.4, 0.5) is 18.9 Å². The zero-order valence-corrected chi connectivity index (χ0v) is 18.6. The van der Waals surface area contributed by atoms with E-state index in [1.54, 1.807) is 12.4 Å². The van der Waals surface area contributed by atoms with Crippen LogP contribution in [-0.2, 0) is 16.8 Å². The molecular formula is C23H22F3N5O3. The summed E-state index contributed by atoms with van der Waals surface area (Å²) in [5.74, 6) is 0.276. The van der Waals surface area contributed by atoms with E-state index in [2.05, 4.69) is 10.1 Å². The van der Waals surface area contributed by atoms with Gasteiger partial charge in [-0.15, -0.1) is 0 Å². The van der Waals surface area contributed by atoms with Crippen molar-refractivity contribution in [1.29, 1.82) is 0 Å². The Kier molecular flexibility index (Phi) is 5.31. The summed E-state index contributed by atoms with van der Waals surface area (Å²) in [4.78, 5) is 24.2. The van der Waals surface area contributed by atoms with Crippen molar-refractivity contribution in [2.75, 3.05) is 24.7 Å². The third-order valence-electron chi connectivity index (χ3n) is 6.04. The first kappa shape index (κ1) is 22.3. The summed E-state index contributed by atoms with van der Waals surface area (Å²) in [7, 11) is 0. The maximum Gasteiger partial charge on any atom is 0.408 e. The number of hydrogen-bond acceptors (Lipinski definition) is 6. The maximum absolute atomic E-state index is 13.6. The standard InChI is InChI=1S/C23H22F3N5O3/c1-3-34-17-7-15(8-27-10-17)18-6-14(2)19-20(29-18)22(4-5-33-13-22)31(21(19)32)16-9-28-30(11-16)12-23(24,25)26/h6-11H,3-5,12-13H2,1-2H3/t22-/m0/s1. The lowest BCUT2D eigenvalue weighted by molar-refractivity contribution is -0.142. The molecule has 5 rings (SSSR count). The molecular weight excluding hydrogens is 451 g/mol. The first-order valence-corrected chi connectivity index (χ1v) is 10.8. The van der Waals surface area contributed by atoms with Gasteiger partial charge in [0.25, 0.3) is 5.91 Å². The number of hydrogen-bond donors (Lipinski definition) is 0. The van der Waals surface area contributed by atoms with E-state index in [4.69, 9.17) is 14.5 Å². The first-order chi connectivity index (χ1) is 16.2. The van der Waals surface area contributed by atoms with E-state index in [0.29, 0.717) is 47.9 Å². The number of rotatable bonds is 5. The monoisotopic (exact) mass is 473 g/mol. The fourth-order valence-corrected chi connectivity index (χ4v) is 4.66. The number of anilines is 1. The molecule has 0 aliphatic carbocycles. The number of carbonyl (C=O) groups excluding carboxylic acids is 1. The van der Waals surface area contributed by atoms with Gasteiger partial charge in [0.2, 0.25) is 0 Å². The first-order valence-electron chi connectivity index (χ1n) is 10.8.